The molecule has 2 N–H and O–H groups in total. The molecule has 0 bridgehead atoms. The summed E-state index contributed by atoms with van der Waals surface area (Å²) in [5.74, 6) is 0.384. The molecule has 1 heterocycles. The number of aromatic nitrogens is 2. The minimum absolute atomic E-state index is 0.106. The van der Waals surface area contributed by atoms with Gasteiger partial charge in [-0.3, -0.25) is 4.79 Å². The molecule has 1 atom stereocenters. The van der Waals surface area contributed by atoms with Crippen LogP contribution < -0.4 is 10.6 Å². The smallest absolute Gasteiger partial charge is 0.272 e. The van der Waals surface area contributed by atoms with Crippen molar-refractivity contribution < 1.29 is 4.79 Å². The molecule has 1 unspecified atom stereocenters. The normalized spacial score (nSPS) is 11.8. The summed E-state index contributed by atoms with van der Waals surface area (Å²) < 4.78 is 0.981. The van der Waals surface area contributed by atoms with E-state index in [2.05, 4.69) is 36.8 Å². The van der Waals surface area contributed by atoms with E-state index in [9.17, 15) is 4.79 Å². The van der Waals surface area contributed by atoms with Gasteiger partial charge in [0.25, 0.3) is 5.91 Å². The van der Waals surface area contributed by atoms with Gasteiger partial charge in [0.05, 0.1) is 6.04 Å². The van der Waals surface area contributed by atoms with Crippen LogP contribution in [0.25, 0.3) is 0 Å². The topological polar surface area (TPSA) is 66.9 Å². The number of carbonyl (C=O) groups is 1. The van der Waals surface area contributed by atoms with Gasteiger partial charge >= 0.3 is 0 Å². The van der Waals surface area contributed by atoms with Crippen molar-refractivity contribution in [2.75, 3.05) is 12.4 Å². The maximum Gasteiger partial charge on any atom is 0.272 e. The van der Waals surface area contributed by atoms with Crippen LogP contribution in [0.1, 0.15) is 29.0 Å². The van der Waals surface area contributed by atoms with Gasteiger partial charge in [-0.15, -0.1) is 10.2 Å². The summed E-state index contributed by atoms with van der Waals surface area (Å²) in [6.45, 7) is 1.93. The Kier molecular flexibility index (Phi) is 4.68. The molecule has 2 rings (SSSR count). The summed E-state index contributed by atoms with van der Waals surface area (Å²) in [5.41, 5.74) is 1.32. The molecule has 0 fully saturated rings. The lowest BCUT2D eigenvalue weighted by atomic mass is 10.1. The first-order valence-electron chi connectivity index (χ1n) is 6.18. The molecule has 6 heteroatoms. The molecular weight excluding hydrogens is 320 g/mol. The summed E-state index contributed by atoms with van der Waals surface area (Å²) in [7, 11) is 1.75. The monoisotopic (exact) mass is 334 g/mol. The van der Waals surface area contributed by atoms with Crippen molar-refractivity contribution in [3.8, 4) is 0 Å². The van der Waals surface area contributed by atoms with E-state index in [1.807, 2.05) is 31.2 Å². The van der Waals surface area contributed by atoms with Crippen LogP contribution in [0, 0.1) is 0 Å². The van der Waals surface area contributed by atoms with E-state index in [1.54, 1.807) is 19.2 Å². The average Bonchev–Trinajstić information content (AvgIpc) is 2.47. The Bertz CT molecular complexity index is 600. The number of benzene rings is 1. The van der Waals surface area contributed by atoms with E-state index >= 15 is 0 Å². The Morgan fingerprint density at radius 1 is 1.25 bits per heavy atom. The largest absolute Gasteiger partial charge is 0.372 e. The zero-order valence-electron chi connectivity index (χ0n) is 11.2. The van der Waals surface area contributed by atoms with Crippen LogP contribution in [0.5, 0.6) is 0 Å². The van der Waals surface area contributed by atoms with Crippen molar-refractivity contribution in [3.63, 3.8) is 0 Å². The second-order valence-electron chi connectivity index (χ2n) is 4.30. The second kappa shape index (κ2) is 6.47. The van der Waals surface area contributed by atoms with Crippen molar-refractivity contribution in [2.24, 2.45) is 0 Å². The maximum atomic E-state index is 12.1. The van der Waals surface area contributed by atoms with E-state index in [0.717, 1.165) is 10.0 Å². The number of hydrogen-bond donors (Lipinski definition) is 2. The van der Waals surface area contributed by atoms with E-state index < -0.39 is 0 Å². The first-order chi connectivity index (χ1) is 9.60. The molecule has 20 heavy (non-hydrogen) atoms. The highest BCUT2D eigenvalue weighted by atomic mass is 79.9. The second-order valence-corrected chi connectivity index (χ2v) is 5.22. The minimum atomic E-state index is -0.243. The fourth-order valence-electron chi connectivity index (χ4n) is 1.72. The first kappa shape index (κ1) is 14.5. The molecule has 0 aliphatic rings. The van der Waals surface area contributed by atoms with Crippen molar-refractivity contribution in [3.05, 3.63) is 52.1 Å². The SMILES string of the molecule is CNc1ccc(C(=O)NC(C)c2cccc(Br)c2)nn1. The molecular formula is C14H15BrN4O. The summed E-state index contributed by atoms with van der Waals surface area (Å²) in [6, 6.07) is 11.1. The third-order valence-corrected chi connectivity index (χ3v) is 3.34. The molecule has 5 nitrogen and oxygen atoms in total. The molecule has 104 valence electrons. The zero-order valence-corrected chi connectivity index (χ0v) is 12.8. The first-order valence-corrected chi connectivity index (χ1v) is 6.97. The molecule has 0 aliphatic carbocycles. The number of nitrogens with zero attached hydrogens (tertiary/aromatic N) is 2. The fourth-order valence-corrected chi connectivity index (χ4v) is 2.13. The Labute approximate surface area is 125 Å². The predicted molar refractivity (Wildman–Crippen MR) is 81.6 cm³/mol. The van der Waals surface area contributed by atoms with Gasteiger partial charge in [0, 0.05) is 11.5 Å². The third kappa shape index (κ3) is 3.54. The standard InChI is InChI=1S/C14H15BrN4O/c1-9(10-4-3-5-11(15)8-10)17-14(20)12-6-7-13(16-2)19-18-12/h3-9H,1-2H3,(H,16,19)(H,17,20). The van der Waals surface area contributed by atoms with Gasteiger partial charge < -0.3 is 10.6 Å². The molecule has 0 saturated carbocycles. The number of nitrogens with one attached hydrogen (secondary N) is 2. The third-order valence-electron chi connectivity index (χ3n) is 2.85. The van der Waals surface area contributed by atoms with Crippen LogP contribution in [-0.4, -0.2) is 23.2 Å². The van der Waals surface area contributed by atoms with Crippen LogP contribution in [0.2, 0.25) is 0 Å². The Morgan fingerprint density at radius 2 is 2.05 bits per heavy atom. The zero-order chi connectivity index (χ0) is 14.5. The van der Waals surface area contributed by atoms with Gasteiger partial charge in [0.2, 0.25) is 0 Å². The van der Waals surface area contributed by atoms with E-state index in [-0.39, 0.29) is 11.9 Å². The molecule has 1 aromatic carbocycles. The number of halogens is 1. The molecule has 0 radical (unpaired) electrons. The predicted octanol–water partition coefficient (Wildman–Crippen LogP) is 2.77. The minimum Gasteiger partial charge on any atom is -0.372 e. The van der Waals surface area contributed by atoms with Crippen LogP contribution in [0.4, 0.5) is 5.82 Å². The van der Waals surface area contributed by atoms with Crippen molar-refractivity contribution in [1.82, 2.24) is 15.5 Å². The van der Waals surface area contributed by atoms with Gasteiger partial charge in [-0.2, -0.15) is 0 Å². The number of anilines is 1. The Balaban J connectivity index is 2.06. The van der Waals surface area contributed by atoms with Gasteiger partial charge in [0.1, 0.15) is 5.82 Å². The summed E-state index contributed by atoms with van der Waals surface area (Å²) >= 11 is 3.42. The molecule has 2 aromatic rings. The number of carbonyl (C=O) groups excluding carboxylic acids is 1. The lowest BCUT2D eigenvalue weighted by Crippen LogP contribution is -2.27. The van der Waals surface area contributed by atoms with Crippen LogP contribution in [0.15, 0.2) is 40.9 Å². The molecule has 1 aromatic heterocycles. The summed E-state index contributed by atoms with van der Waals surface area (Å²) in [4.78, 5) is 12.1. The van der Waals surface area contributed by atoms with E-state index in [1.165, 1.54) is 0 Å². The Morgan fingerprint density at radius 3 is 2.65 bits per heavy atom. The van der Waals surface area contributed by atoms with Gasteiger partial charge in [-0.25, -0.2) is 0 Å². The van der Waals surface area contributed by atoms with Crippen LogP contribution >= 0.6 is 15.9 Å². The lowest BCUT2D eigenvalue weighted by Gasteiger charge is -2.14. The Hall–Kier alpha value is -1.95. The van der Waals surface area contributed by atoms with Crippen LogP contribution in [0.3, 0.4) is 0 Å². The highest BCUT2D eigenvalue weighted by molar-refractivity contribution is 9.10. The fraction of sp³-hybridized carbons (Fsp3) is 0.214. The summed E-state index contributed by atoms with van der Waals surface area (Å²) in [5, 5.41) is 13.5. The molecule has 0 saturated heterocycles. The molecule has 0 aliphatic heterocycles. The van der Waals surface area contributed by atoms with Crippen LogP contribution in [-0.2, 0) is 0 Å². The van der Waals surface area contributed by atoms with E-state index in [0.29, 0.717) is 11.5 Å². The molecule has 0 spiro atoms. The number of hydrogen-bond acceptors (Lipinski definition) is 4. The summed E-state index contributed by atoms with van der Waals surface area (Å²) in [6.07, 6.45) is 0. The number of rotatable bonds is 4. The van der Waals surface area contributed by atoms with Gasteiger partial charge in [-0.05, 0) is 36.8 Å². The average molecular weight is 335 g/mol. The van der Waals surface area contributed by atoms with E-state index in [4.69, 9.17) is 0 Å². The van der Waals surface area contributed by atoms with Gasteiger partial charge in [0.15, 0.2) is 5.69 Å². The van der Waals surface area contributed by atoms with Gasteiger partial charge in [-0.1, -0.05) is 28.1 Å². The lowest BCUT2D eigenvalue weighted by molar-refractivity contribution is 0.0934. The number of amides is 1. The van der Waals surface area contributed by atoms with Crippen molar-refractivity contribution >= 4 is 27.7 Å². The maximum absolute atomic E-state index is 12.1. The molecule has 1 amide bonds. The quantitative estimate of drug-likeness (QED) is 0.902. The highest BCUT2D eigenvalue weighted by Crippen LogP contribution is 2.18. The van der Waals surface area contributed by atoms with Crippen molar-refractivity contribution in [1.29, 1.82) is 0 Å². The highest BCUT2D eigenvalue weighted by Gasteiger charge is 2.13. The van der Waals surface area contributed by atoms with Crippen molar-refractivity contribution in [2.45, 2.75) is 13.0 Å².